The van der Waals surface area contributed by atoms with Gasteiger partial charge in [-0.3, -0.25) is 0 Å². The molecule has 108 valence electrons. The van der Waals surface area contributed by atoms with E-state index in [2.05, 4.69) is 4.72 Å². The van der Waals surface area contributed by atoms with Gasteiger partial charge in [0.2, 0.25) is 10.0 Å². The van der Waals surface area contributed by atoms with E-state index in [4.69, 9.17) is 27.9 Å². The van der Waals surface area contributed by atoms with Crippen LogP contribution in [0.1, 0.15) is 18.9 Å². The lowest BCUT2D eigenvalue weighted by Crippen LogP contribution is -2.28. The van der Waals surface area contributed by atoms with Crippen molar-refractivity contribution in [3.05, 3.63) is 27.7 Å². The van der Waals surface area contributed by atoms with Crippen LogP contribution < -0.4 is 9.46 Å². The minimum absolute atomic E-state index is 0.125. The van der Waals surface area contributed by atoms with E-state index < -0.39 is 10.0 Å². The van der Waals surface area contributed by atoms with Gasteiger partial charge in [0, 0.05) is 11.6 Å². The van der Waals surface area contributed by atoms with Crippen LogP contribution in [0, 0.1) is 0 Å². The van der Waals surface area contributed by atoms with Crippen LogP contribution in [0.5, 0.6) is 5.75 Å². The van der Waals surface area contributed by atoms with Crippen molar-refractivity contribution >= 4 is 33.2 Å². The molecule has 1 aromatic carbocycles. The first kappa shape index (κ1) is 16.6. The maximum Gasteiger partial charge on any atom is 0.211 e. The molecule has 0 unspecified atom stereocenters. The summed E-state index contributed by atoms with van der Waals surface area (Å²) in [6, 6.07) is 3.31. The van der Waals surface area contributed by atoms with E-state index in [9.17, 15) is 8.42 Å². The Morgan fingerprint density at radius 1 is 1.32 bits per heavy atom. The average Bonchev–Trinajstić information content (AvgIpc) is 2.28. The molecule has 7 heteroatoms. The zero-order valence-electron chi connectivity index (χ0n) is 10.9. The van der Waals surface area contributed by atoms with Gasteiger partial charge in [-0.1, -0.05) is 30.1 Å². The molecule has 0 atom stereocenters. The summed E-state index contributed by atoms with van der Waals surface area (Å²) in [5.41, 5.74) is 0.777. The van der Waals surface area contributed by atoms with Gasteiger partial charge in [0.15, 0.2) is 0 Å². The van der Waals surface area contributed by atoms with E-state index in [1.54, 1.807) is 12.1 Å². The molecule has 0 spiro atoms. The summed E-state index contributed by atoms with van der Waals surface area (Å²) in [6.45, 7) is 2.11. The molecular formula is C12H17Cl2NO3S. The number of hydrogen-bond acceptors (Lipinski definition) is 3. The van der Waals surface area contributed by atoms with Crippen LogP contribution >= 0.6 is 23.2 Å². The van der Waals surface area contributed by atoms with Gasteiger partial charge in [-0.05, 0) is 30.5 Å². The average molecular weight is 326 g/mol. The van der Waals surface area contributed by atoms with E-state index in [-0.39, 0.29) is 12.3 Å². The number of ether oxygens (including phenoxy) is 1. The van der Waals surface area contributed by atoms with Crippen molar-refractivity contribution in [3.63, 3.8) is 0 Å². The Bertz CT molecular complexity index is 532. The minimum Gasteiger partial charge on any atom is -0.495 e. The maximum absolute atomic E-state index is 11.5. The highest BCUT2D eigenvalue weighted by Crippen LogP contribution is 2.32. The summed E-state index contributed by atoms with van der Waals surface area (Å²) in [6.07, 6.45) is 1.05. The summed E-state index contributed by atoms with van der Waals surface area (Å²) in [5.74, 6) is 0.654. The topological polar surface area (TPSA) is 55.4 Å². The van der Waals surface area contributed by atoms with Gasteiger partial charge in [-0.25, -0.2) is 13.1 Å². The Labute approximate surface area is 124 Å². The standard InChI is InChI=1S/C12H17Cl2NO3S/c1-3-6-19(16,17)15-5-4-9-7-10(13)8-11(14)12(9)18-2/h7-8,15H,3-6H2,1-2H3. The number of benzene rings is 1. The fourth-order valence-electron chi connectivity index (χ4n) is 1.71. The molecule has 1 aromatic rings. The van der Waals surface area contributed by atoms with Crippen molar-refractivity contribution in [1.29, 1.82) is 0 Å². The highest BCUT2D eigenvalue weighted by molar-refractivity contribution is 7.89. The monoisotopic (exact) mass is 325 g/mol. The molecule has 4 nitrogen and oxygen atoms in total. The van der Waals surface area contributed by atoms with Gasteiger partial charge in [0.25, 0.3) is 0 Å². The largest absolute Gasteiger partial charge is 0.495 e. The molecular weight excluding hydrogens is 309 g/mol. The first-order chi connectivity index (χ1) is 8.89. The maximum atomic E-state index is 11.5. The first-order valence-corrected chi connectivity index (χ1v) is 8.29. The van der Waals surface area contributed by atoms with Crippen LogP contribution in [0.25, 0.3) is 0 Å². The van der Waals surface area contributed by atoms with Crippen molar-refractivity contribution in [3.8, 4) is 5.75 Å². The number of sulfonamides is 1. The predicted molar refractivity (Wildman–Crippen MR) is 78.8 cm³/mol. The fraction of sp³-hybridized carbons (Fsp3) is 0.500. The Balaban J connectivity index is 2.73. The fourth-order valence-corrected chi connectivity index (χ4v) is 3.42. The minimum atomic E-state index is -3.20. The zero-order chi connectivity index (χ0) is 14.5. The van der Waals surface area contributed by atoms with Gasteiger partial charge < -0.3 is 4.74 Å². The first-order valence-electron chi connectivity index (χ1n) is 5.89. The molecule has 1 rings (SSSR count). The van der Waals surface area contributed by atoms with Crippen molar-refractivity contribution in [2.75, 3.05) is 19.4 Å². The number of methoxy groups -OCH3 is 1. The Morgan fingerprint density at radius 3 is 2.58 bits per heavy atom. The van der Waals surface area contributed by atoms with Gasteiger partial charge >= 0.3 is 0 Å². The van der Waals surface area contributed by atoms with Crippen LogP contribution in [-0.2, 0) is 16.4 Å². The van der Waals surface area contributed by atoms with Crippen LogP contribution in [0.4, 0.5) is 0 Å². The van der Waals surface area contributed by atoms with Crippen LogP contribution in [0.15, 0.2) is 12.1 Å². The SMILES string of the molecule is CCCS(=O)(=O)NCCc1cc(Cl)cc(Cl)c1OC. The third kappa shape index (κ3) is 5.18. The Hall–Kier alpha value is -0.490. The van der Waals surface area contributed by atoms with E-state index in [0.717, 1.165) is 5.56 Å². The molecule has 1 N–H and O–H groups in total. The Kier molecular flexibility index (Phi) is 6.39. The second kappa shape index (κ2) is 7.33. The summed E-state index contributed by atoms with van der Waals surface area (Å²) < 4.78 is 30.8. The molecule has 0 amide bonds. The van der Waals surface area contributed by atoms with Crippen LogP contribution in [-0.4, -0.2) is 27.8 Å². The second-order valence-corrected chi connectivity index (χ2v) is 6.81. The summed E-state index contributed by atoms with van der Waals surface area (Å²) in [4.78, 5) is 0. The quantitative estimate of drug-likeness (QED) is 0.838. The Morgan fingerprint density at radius 2 is 2.00 bits per heavy atom. The van der Waals surface area contributed by atoms with Crippen molar-refractivity contribution < 1.29 is 13.2 Å². The predicted octanol–water partition coefficient (Wildman–Crippen LogP) is 2.87. The molecule has 0 heterocycles. The molecule has 0 radical (unpaired) electrons. The lowest BCUT2D eigenvalue weighted by molar-refractivity contribution is 0.410. The molecule has 0 aliphatic carbocycles. The van der Waals surface area contributed by atoms with E-state index in [0.29, 0.717) is 28.6 Å². The van der Waals surface area contributed by atoms with Gasteiger partial charge in [0.05, 0.1) is 17.9 Å². The molecule has 0 saturated heterocycles. The number of rotatable bonds is 7. The van der Waals surface area contributed by atoms with Crippen LogP contribution in [0.3, 0.4) is 0 Å². The number of halogens is 2. The lowest BCUT2D eigenvalue weighted by atomic mass is 10.1. The molecule has 0 aromatic heterocycles. The van der Waals surface area contributed by atoms with E-state index in [1.165, 1.54) is 7.11 Å². The van der Waals surface area contributed by atoms with Crippen molar-refractivity contribution in [2.24, 2.45) is 0 Å². The van der Waals surface area contributed by atoms with E-state index in [1.807, 2.05) is 6.92 Å². The zero-order valence-corrected chi connectivity index (χ0v) is 13.2. The molecule has 0 bridgehead atoms. The smallest absolute Gasteiger partial charge is 0.211 e. The third-order valence-corrected chi connectivity index (χ3v) is 4.57. The third-order valence-electron chi connectivity index (χ3n) is 2.48. The summed E-state index contributed by atoms with van der Waals surface area (Å²) in [5, 5.41) is 0.915. The van der Waals surface area contributed by atoms with Gasteiger partial charge in [-0.2, -0.15) is 0 Å². The molecule has 19 heavy (non-hydrogen) atoms. The molecule has 0 fully saturated rings. The van der Waals surface area contributed by atoms with E-state index >= 15 is 0 Å². The summed E-state index contributed by atoms with van der Waals surface area (Å²) in [7, 11) is -1.68. The van der Waals surface area contributed by atoms with Gasteiger partial charge in [0.1, 0.15) is 5.75 Å². The highest BCUT2D eigenvalue weighted by atomic mass is 35.5. The van der Waals surface area contributed by atoms with Gasteiger partial charge in [-0.15, -0.1) is 0 Å². The van der Waals surface area contributed by atoms with Crippen molar-refractivity contribution in [1.82, 2.24) is 4.72 Å². The second-order valence-electron chi connectivity index (χ2n) is 4.04. The highest BCUT2D eigenvalue weighted by Gasteiger charge is 2.12. The molecule has 0 aliphatic heterocycles. The van der Waals surface area contributed by atoms with Crippen molar-refractivity contribution in [2.45, 2.75) is 19.8 Å². The number of hydrogen-bond donors (Lipinski definition) is 1. The lowest BCUT2D eigenvalue weighted by Gasteiger charge is -2.11. The van der Waals surface area contributed by atoms with Crippen LogP contribution in [0.2, 0.25) is 10.0 Å². The normalized spacial score (nSPS) is 11.6. The molecule has 0 saturated carbocycles. The summed E-state index contributed by atoms with van der Waals surface area (Å²) >= 11 is 11.9. The number of nitrogens with one attached hydrogen (secondary N) is 1. The molecule has 0 aliphatic rings.